The Morgan fingerprint density at radius 2 is 2.23 bits per heavy atom. The number of nitrogens with zero attached hydrogens (tertiary/aromatic N) is 1. The summed E-state index contributed by atoms with van der Waals surface area (Å²) < 4.78 is 27.3. The highest BCUT2D eigenvalue weighted by Crippen LogP contribution is 2.13. The van der Waals surface area contributed by atoms with E-state index in [1.807, 2.05) is 0 Å². The van der Waals surface area contributed by atoms with Crippen LogP contribution in [0.15, 0.2) is 40.7 Å². The van der Waals surface area contributed by atoms with E-state index in [0.29, 0.717) is 4.60 Å². The number of hydrogen-bond donors (Lipinski definition) is 0. The van der Waals surface area contributed by atoms with E-state index in [4.69, 9.17) is 0 Å². The second-order valence-corrected chi connectivity index (χ2v) is 4.42. The lowest BCUT2D eigenvalue weighted by atomic mass is 10.5. The third-order valence-corrected chi connectivity index (χ3v) is 2.86. The fraction of sp³-hybridized carbons (Fsp3) is 0. The molecule has 70 valence electrons. The van der Waals surface area contributed by atoms with E-state index >= 15 is 0 Å². The van der Waals surface area contributed by atoms with Gasteiger partial charge in [0, 0.05) is 0 Å². The van der Waals surface area contributed by atoms with Crippen LogP contribution in [0.2, 0.25) is 0 Å². The van der Waals surface area contributed by atoms with Crippen LogP contribution in [0.1, 0.15) is 0 Å². The van der Waals surface area contributed by atoms with Crippen molar-refractivity contribution in [3.8, 4) is 0 Å². The molecule has 0 aliphatic carbocycles. The van der Waals surface area contributed by atoms with Gasteiger partial charge in [-0.1, -0.05) is 6.58 Å². The molecule has 0 atom stereocenters. The van der Waals surface area contributed by atoms with Crippen molar-refractivity contribution in [2.24, 2.45) is 0 Å². The van der Waals surface area contributed by atoms with Crippen LogP contribution in [-0.2, 0) is 14.3 Å². The van der Waals surface area contributed by atoms with Gasteiger partial charge in [0.25, 0.3) is 0 Å². The van der Waals surface area contributed by atoms with E-state index in [-0.39, 0.29) is 4.90 Å². The summed E-state index contributed by atoms with van der Waals surface area (Å²) in [6.07, 6.45) is 2.06. The van der Waals surface area contributed by atoms with Crippen molar-refractivity contribution in [1.82, 2.24) is 4.98 Å². The maximum atomic E-state index is 11.2. The molecule has 0 aliphatic heterocycles. The molecule has 0 aliphatic rings. The highest BCUT2D eigenvalue weighted by Gasteiger charge is 2.13. The molecule has 1 aromatic rings. The van der Waals surface area contributed by atoms with Gasteiger partial charge in [0.2, 0.25) is 0 Å². The van der Waals surface area contributed by atoms with E-state index in [0.717, 1.165) is 6.26 Å². The van der Waals surface area contributed by atoms with Crippen molar-refractivity contribution in [1.29, 1.82) is 0 Å². The molecular weight excluding hydrogens is 258 g/mol. The third-order valence-electron chi connectivity index (χ3n) is 1.18. The minimum absolute atomic E-state index is 0.00407. The molecule has 0 N–H and O–H groups in total. The smallest absolute Gasteiger partial charge is 0.340 e. The van der Waals surface area contributed by atoms with Crippen LogP contribution in [0, 0.1) is 0 Å². The summed E-state index contributed by atoms with van der Waals surface area (Å²) in [5, 5.41) is 0. The predicted octanol–water partition coefficient (Wildman–Crippen LogP) is 1.69. The van der Waals surface area contributed by atoms with Crippen molar-refractivity contribution in [2.75, 3.05) is 0 Å². The van der Waals surface area contributed by atoms with Gasteiger partial charge in [-0.25, -0.2) is 4.98 Å². The molecule has 0 saturated heterocycles. The minimum Gasteiger partial charge on any atom is -0.388 e. The fourth-order valence-electron chi connectivity index (χ4n) is 0.655. The standard InChI is InChI=1S/C7H6BrNO3S/c1-2-12-13(10,11)6-3-4-7(8)9-5-6/h2-5H,1H2. The van der Waals surface area contributed by atoms with Gasteiger partial charge in [0.05, 0.1) is 12.5 Å². The van der Waals surface area contributed by atoms with Gasteiger partial charge in [-0.3, -0.25) is 0 Å². The maximum absolute atomic E-state index is 11.2. The topological polar surface area (TPSA) is 56.3 Å². The van der Waals surface area contributed by atoms with Crippen LogP contribution in [0.25, 0.3) is 0 Å². The fourth-order valence-corrected chi connectivity index (χ4v) is 1.60. The Morgan fingerprint density at radius 3 is 2.69 bits per heavy atom. The second kappa shape index (κ2) is 3.89. The molecule has 0 saturated carbocycles. The quantitative estimate of drug-likeness (QED) is 0.473. The zero-order chi connectivity index (χ0) is 9.90. The van der Waals surface area contributed by atoms with E-state index in [9.17, 15) is 8.42 Å². The Morgan fingerprint density at radius 1 is 1.54 bits per heavy atom. The maximum Gasteiger partial charge on any atom is 0.340 e. The predicted molar refractivity (Wildman–Crippen MR) is 50.4 cm³/mol. The number of rotatable bonds is 3. The van der Waals surface area contributed by atoms with Crippen molar-refractivity contribution in [3.63, 3.8) is 0 Å². The summed E-state index contributed by atoms with van der Waals surface area (Å²) in [4.78, 5) is 3.75. The average Bonchev–Trinajstić information content (AvgIpc) is 2.05. The molecule has 4 nitrogen and oxygen atoms in total. The van der Waals surface area contributed by atoms with Gasteiger partial charge < -0.3 is 4.18 Å². The summed E-state index contributed by atoms with van der Waals surface area (Å²) in [6.45, 7) is 3.16. The minimum atomic E-state index is -3.73. The molecule has 0 aromatic carbocycles. The van der Waals surface area contributed by atoms with Crippen LogP contribution in [-0.4, -0.2) is 13.4 Å². The van der Waals surface area contributed by atoms with Gasteiger partial charge in [-0.15, -0.1) is 0 Å². The lowest BCUT2D eigenvalue weighted by molar-refractivity contribution is 0.444. The molecule has 0 radical (unpaired) electrons. The Labute approximate surface area is 84.5 Å². The van der Waals surface area contributed by atoms with E-state index < -0.39 is 10.1 Å². The van der Waals surface area contributed by atoms with Gasteiger partial charge in [-0.2, -0.15) is 8.42 Å². The van der Waals surface area contributed by atoms with E-state index in [2.05, 4.69) is 31.7 Å². The van der Waals surface area contributed by atoms with Crippen molar-refractivity contribution >= 4 is 26.0 Å². The Balaban J connectivity index is 3.08. The van der Waals surface area contributed by atoms with Crippen LogP contribution < -0.4 is 0 Å². The molecule has 0 unspecified atom stereocenters. The van der Waals surface area contributed by atoms with Crippen molar-refractivity contribution in [3.05, 3.63) is 35.8 Å². The third kappa shape index (κ3) is 2.53. The lowest BCUT2D eigenvalue weighted by Gasteiger charge is -2.00. The molecule has 1 heterocycles. The number of aromatic nitrogens is 1. The number of pyridine rings is 1. The first-order chi connectivity index (χ1) is 6.06. The van der Waals surface area contributed by atoms with Gasteiger partial charge >= 0.3 is 10.1 Å². The zero-order valence-corrected chi connectivity index (χ0v) is 8.88. The van der Waals surface area contributed by atoms with Crippen LogP contribution in [0.5, 0.6) is 0 Å². The van der Waals surface area contributed by atoms with Crippen molar-refractivity contribution < 1.29 is 12.6 Å². The first-order valence-electron chi connectivity index (χ1n) is 3.22. The number of halogens is 1. The Kier molecular flexibility index (Phi) is 3.05. The lowest BCUT2D eigenvalue weighted by Crippen LogP contribution is -2.02. The molecular formula is C7H6BrNO3S. The highest BCUT2D eigenvalue weighted by atomic mass is 79.9. The molecule has 1 rings (SSSR count). The molecule has 1 aromatic heterocycles. The van der Waals surface area contributed by atoms with Crippen LogP contribution >= 0.6 is 15.9 Å². The molecule has 0 fully saturated rings. The zero-order valence-electron chi connectivity index (χ0n) is 6.47. The summed E-state index contributed by atoms with van der Waals surface area (Å²) in [5.41, 5.74) is 0. The molecule has 13 heavy (non-hydrogen) atoms. The van der Waals surface area contributed by atoms with Crippen LogP contribution in [0.4, 0.5) is 0 Å². The average molecular weight is 264 g/mol. The first kappa shape index (κ1) is 10.2. The summed E-state index contributed by atoms with van der Waals surface area (Å²) in [6, 6.07) is 2.90. The highest BCUT2D eigenvalue weighted by molar-refractivity contribution is 9.10. The summed E-state index contributed by atoms with van der Waals surface area (Å²) in [5.74, 6) is 0. The van der Waals surface area contributed by atoms with Crippen molar-refractivity contribution in [2.45, 2.75) is 4.90 Å². The molecule has 0 amide bonds. The Hall–Kier alpha value is -0.880. The van der Waals surface area contributed by atoms with Gasteiger partial charge in [0.1, 0.15) is 9.50 Å². The largest absolute Gasteiger partial charge is 0.388 e. The number of hydrogen-bond acceptors (Lipinski definition) is 4. The van der Waals surface area contributed by atoms with E-state index in [1.54, 1.807) is 0 Å². The normalized spacial score (nSPS) is 10.8. The first-order valence-corrected chi connectivity index (χ1v) is 5.42. The molecule has 6 heteroatoms. The molecule has 0 spiro atoms. The summed E-state index contributed by atoms with van der Waals surface area (Å²) >= 11 is 3.08. The summed E-state index contributed by atoms with van der Waals surface area (Å²) in [7, 11) is -3.73. The van der Waals surface area contributed by atoms with E-state index in [1.165, 1.54) is 18.3 Å². The van der Waals surface area contributed by atoms with Gasteiger partial charge in [-0.05, 0) is 28.1 Å². The van der Waals surface area contributed by atoms with Gasteiger partial charge in [0.15, 0.2) is 0 Å². The SMILES string of the molecule is C=COS(=O)(=O)c1ccc(Br)nc1. The van der Waals surface area contributed by atoms with Crippen LogP contribution in [0.3, 0.4) is 0 Å². The monoisotopic (exact) mass is 263 g/mol. The molecule has 0 bridgehead atoms. The Bertz CT molecular complexity index is 398. The second-order valence-electron chi connectivity index (χ2n) is 2.03.